The molecule has 0 bridgehead atoms. The first-order chi connectivity index (χ1) is 8.65. The fourth-order valence-corrected chi connectivity index (χ4v) is 2.81. The van der Waals surface area contributed by atoms with Crippen molar-refractivity contribution in [1.29, 1.82) is 0 Å². The average molecular weight is 265 g/mol. The van der Waals surface area contributed by atoms with Crippen LogP contribution in [-0.2, 0) is 17.8 Å². The summed E-state index contributed by atoms with van der Waals surface area (Å²) in [5.74, 6) is 0.494. The number of aliphatic hydroxyl groups is 1. The van der Waals surface area contributed by atoms with Crippen LogP contribution in [0.3, 0.4) is 0 Å². The van der Waals surface area contributed by atoms with Crippen molar-refractivity contribution in [3.63, 3.8) is 0 Å². The maximum Gasteiger partial charge on any atom is 0.185 e. The van der Waals surface area contributed by atoms with Crippen LogP contribution in [0.15, 0.2) is 24.3 Å². The van der Waals surface area contributed by atoms with E-state index in [4.69, 9.17) is 0 Å². The first kappa shape index (κ1) is 13.6. The molecule has 1 aliphatic heterocycles. The second-order valence-electron chi connectivity index (χ2n) is 4.71. The second-order valence-corrected chi connectivity index (χ2v) is 5.91. The number of nitrogens with zero attached hydrogens (tertiary/aromatic N) is 1. The summed E-state index contributed by atoms with van der Waals surface area (Å²) in [6.07, 6.45) is 0.618. The first-order valence-corrected chi connectivity index (χ1v) is 7.24. The molecule has 98 valence electrons. The summed E-state index contributed by atoms with van der Waals surface area (Å²) in [6, 6.07) is 8.46. The van der Waals surface area contributed by atoms with Crippen LogP contribution < -0.4 is 0 Å². The average Bonchev–Trinajstić information content (AvgIpc) is 2.36. The lowest BCUT2D eigenvalue weighted by Crippen LogP contribution is -2.37. The molecule has 1 aliphatic rings. The van der Waals surface area contributed by atoms with Gasteiger partial charge in [0.2, 0.25) is 0 Å². The van der Waals surface area contributed by atoms with Gasteiger partial charge in [-0.3, -0.25) is 9.69 Å². The second kappa shape index (κ2) is 6.36. The van der Waals surface area contributed by atoms with E-state index in [9.17, 15) is 9.90 Å². The fourth-order valence-electron chi connectivity index (χ4n) is 2.27. The predicted octanol–water partition coefficient (Wildman–Crippen LogP) is 1.69. The standard InChI is InChI=1S/C14H19NO2S/c1-11(16)18-10-14(17)9-15-7-6-12-4-2-3-5-13(12)8-15/h2-5,14,17H,6-10H2,1H3/t14-/m1/s1. The molecular formula is C14H19NO2S. The highest BCUT2D eigenvalue weighted by Gasteiger charge is 2.18. The SMILES string of the molecule is CC(=O)SC[C@H](O)CN1CCc2ccccc2C1. The Labute approximate surface area is 112 Å². The summed E-state index contributed by atoms with van der Waals surface area (Å²) in [4.78, 5) is 13.1. The highest BCUT2D eigenvalue weighted by Crippen LogP contribution is 2.18. The lowest BCUT2D eigenvalue weighted by Gasteiger charge is -2.30. The zero-order valence-corrected chi connectivity index (χ0v) is 11.4. The minimum absolute atomic E-state index is 0.0676. The quantitative estimate of drug-likeness (QED) is 0.899. The van der Waals surface area contributed by atoms with Gasteiger partial charge in [-0.15, -0.1) is 0 Å². The number of rotatable bonds is 4. The van der Waals surface area contributed by atoms with Gasteiger partial charge in [-0.2, -0.15) is 0 Å². The van der Waals surface area contributed by atoms with E-state index in [2.05, 4.69) is 29.2 Å². The van der Waals surface area contributed by atoms with E-state index in [1.807, 2.05) is 0 Å². The molecular weight excluding hydrogens is 246 g/mol. The van der Waals surface area contributed by atoms with Gasteiger partial charge in [0.05, 0.1) is 6.10 Å². The first-order valence-electron chi connectivity index (χ1n) is 6.25. The molecule has 1 aromatic carbocycles. The molecule has 1 N–H and O–H groups in total. The van der Waals surface area contributed by atoms with Crippen molar-refractivity contribution in [1.82, 2.24) is 4.90 Å². The topological polar surface area (TPSA) is 40.5 Å². The van der Waals surface area contributed by atoms with Crippen LogP contribution in [0.4, 0.5) is 0 Å². The van der Waals surface area contributed by atoms with Crippen LogP contribution in [0, 0.1) is 0 Å². The lowest BCUT2D eigenvalue weighted by atomic mass is 10.00. The highest BCUT2D eigenvalue weighted by atomic mass is 32.2. The van der Waals surface area contributed by atoms with Crippen molar-refractivity contribution < 1.29 is 9.90 Å². The van der Waals surface area contributed by atoms with Gasteiger partial charge in [0.1, 0.15) is 0 Å². The van der Waals surface area contributed by atoms with Crippen LogP contribution in [0.1, 0.15) is 18.1 Å². The molecule has 0 spiro atoms. The van der Waals surface area contributed by atoms with E-state index < -0.39 is 6.10 Å². The zero-order valence-electron chi connectivity index (χ0n) is 10.6. The van der Waals surface area contributed by atoms with Gasteiger partial charge >= 0.3 is 0 Å². The third-order valence-electron chi connectivity index (χ3n) is 3.16. The molecule has 0 amide bonds. The molecule has 2 rings (SSSR count). The van der Waals surface area contributed by atoms with Gasteiger partial charge in [-0.25, -0.2) is 0 Å². The van der Waals surface area contributed by atoms with E-state index in [0.717, 1.165) is 19.5 Å². The molecule has 1 aromatic rings. The maximum atomic E-state index is 10.8. The monoisotopic (exact) mass is 265 g/mol. The summed E-state index contributed by atoms with van der Waals surface area (Å²) in [6.45, 7) is 4.07. The molecule has 1 heterocycles. The highest BCUT2D eigenvalue weighted by molar-refractivity contribution is 8.13. The van der Waals surface area contributed by atoms with E-state index in [0.29, 0.717) is 12.3 Å². The number of carbonyl (C=O) groups excluding carboxylic acids is 1. The van der Waals surface area contributed by atoms with E-state index in [-0.39, 0.29) is 5.12 Å². The van der Waals surface area contributed by atoms with Crippen LogP contribution in [0.2, 0.25) is 0 Å². The largest absolute Gasteiger partial charge is 0.391 e. The fraction of sp³-hybridized carbons (Fsp3) is 0.500. The van der Waals surface area contributed by atoms with Crippen molar-refractivity contribution in [2.45, 2.75) is 26.0 Å². The minimum Gasteiger partial charge on any atom is -0.391 e. The Morgan fingerprint density at radius 3 is 2.89 bits per heavy atom. The van der Waals surface area contributed by atoms with Crippen LogP contribution in [0.5, 0.6) is 0 Å². The molecule has 0 aromatic heterocycles. The van der Waals surface area contributed by atoms with Gasteiger partial charge < -0.3 is 5.11 Å². The van der Waals surface area contributed by atoms with Crippen LogP contribution >= 0.6 is 11.8 Å². The lowest BCUT2D eigenvalue weighted by molar-refractivity contribution is -0.109. The van der Waals surface area contributed by atoms with Crippen molar-refractivity contribution in [2.75, 3.05) is 18.8 Å². The number of benzene rings is 1. The molecule has 1 atom stereocenters. The summed E-state index contributed by atoms with van der Waals surface area (Å²) in [5.41, 5.74) is 2.77. The Kier molecular flexibility index (Phi) is 4.80. The number of hydrogen-bond acceptors (Lipinski definition) is 4. The number of thioether (sulfide) groups is 1. The van der Waals surface area contributed by atoms with Gasteiger partial charge in [0.15, 0.2) is 5.12 Å². The van der Waals surface area contributed by atoms with Crippen molar-refractivity contribution in [3.05, 3.63) is 35.4 Å². The number of hydrogen-bond donors (Lipinski definition) is 1. The number of aliphatic hydroxyl groups excluding tert-OH is 1. The molecule has 0 saturated heterocycles. The smallest absolute Gasteiger partial charge is 0.185 e. The van der Waals surface area contributed by atoms with Crippen LogP contribution in [-0.4, -0.2) is 40.1 Å². The van der Waals surface area contributed by atoms with Crippen molar-refractivity contribution >= 4 is 16.9 Å². The zero-order chi connectivity index (χ0) is 13.0. The Morgan fingerprint density at radius 1 is 1.44 bits per heavy atom. The van der Waals surface area contributed by atoms with E-state index in [1.165, 1.54) is 29.8 Å². The molecule has 0 unspecified atom stereocenters. The molecule has 4 heteroatoms. The van der Waals surface area contributed by atoms with Crippen molar-refractivity contribution in [3.8, 4) is 0 Å². The minimum atomic E-state index is -0.427. The summed E-state index contributed by atoms with van der Waals surface area (Å²) in [5, 5.41) is 9.95. The normalized spacial score (nSPS) is 17.2. The summed E-state index contributed by atoms with van der Waals surface area (Å²) < 4.78 is 0. The number of carbonyl (C=O) groups is 1. The molecule has 3 nitrogen and oxygen atoms in total. The Morgan fingerprint density at radius 2 is 2.17 bits per heavy atom. The maximum absolute atomic E-state index is 10.8. The van der Waals surface area contributed by atoms with Gasteiger partial charge in [0, 0.05) is 32.3 Å². The predicted molar refractivity (Wildman–Crippen MR) is 74.6 cm³/mol. The Balaban J connectivity index is 1.84. The van der Waals surface area contributed by atoms with Gasteiger partial charge in [-0.1, -0.05) is 36.0 Å². The number of fused-ring (bicyclic) bond motifs is 1. The Bertz CT molecular complexity index is 422. The molecule has 0 fully saturated rings. The van der Waals surface area contributed by atoms with Crippen LogP contribution in [0.25, 0.3) is 0 Å². The summed E-state index contributed by atoms with van der Waals surface area (Å²) >= 11 is 1.20. The summed E-state index contributed by atoms with van der Waals surface area (Å²) in [7, 11) is 0. The van der Waals surface area contributed by atoms with Gasteiger partial charge in [0.25, 0.3) is 0 Å². The van der Waals surface area contributed by atoms with E-state index >= 15 is 0 Å². The molecule has 0 radical (unpaired) electrons. The van der Waals surface area contributed by atoms with Gasteiger partial charge in [-0.05, 0) is 17.5 Å². The molecule has 0 aliphatic carbocycles. The van der Waals surface area contributed by atoms with Crippen molar-refractivity contribution in [2.24, 2.45) is 0 Å². The molecule has 18 heavy (non-hydrogen) atoms. The third kappa shape index (κ3) is 3.83. The third-order valence-corrected chi connectivity index (χ3v) is 4.12. The number of β-amino-alcohol motifs (C(OH)–C–C–N with tert-alkyl or cyclic N) is 1. The van der Waals surface area contributed by atoms with E-state index in [1.54, 1.807) is 0 Å². The Hall–Kier alpha value is -0.840. The molecule has 0 saturated carbocycles.